The Morgan fingerprint density at radius 1 is 0.870 bits per heavy atom. The summed E-state index contributed by atoms with van der Waals surface area (Å²) in [4.78, 5) is 60.6. The molecule has 7 rings (SSSR count). The Balaban J connectivity index is 1.17. The van der Waals surface area contributed by atoms with Gasteiger partial charge in [0.1, 0.15) is 42.1 Å². The third-order valence-electron chi connectivity index (χ3n) is 7.53. The van der Waals surface area contributed by atoms with Crippen LogP contribution in [0.15, 0.2) is 17.4 Å². The lowest BCUT2D eigenvalue weighted by Gasteiger charge is -2.34. The largest absolute Gasteiger partial charge is 0.756 e. The monoisotopic (exact) mass is 686 g/mol. The average molecular weight is 686 g/mol. The summed E-state index contributed by atoms with van der Waals surface area (Å²) in [7, 11) is -10.6. The number of nitrogens with two attached hydrogens (primary N) is 2. The van der Waals surface area contributed by atoms with Gasteiger partial charge in [-0.1, -0.05) is 0 Å². The van der Waals surface area contributed by atoms with Crippen LogP contribution in [0.2, 0.25) is 0 Å². The minimum absolute atomic E-state index is 0.111. The number of nitrogens with zero attached hydrogens (tertiary/aromatic N) is 7. The quantitative estimate of drug-likeness (QED) is 0.129. The van der Waals surface area contributed by atoms with Crippen LogP contribution in [0.3, 0.4) is 0 Å². The summed E-state index contributed by atoms with van der Waals surface area (Å²) in [6, 6.07) is 0. The summed E-state index contributed by atoms with van der Waals surface area (Å²) in [6.45, 7) is -0.215. The second-order valence-electron chi connectivity index (χ2n) is 10.5. The van der Waals surface area contributed by atoms with Gasteiger partial charge >= 0.3 is 0 Å². The van der Waals surface area contributed by atoms with Crippen LogP contribution in [0.5, 0.6) is 0 Å². The van der Waals surface area contributed by atoms with Crippen LogP contribution < -0.4 is 26.8 Å². The molecular formula is C21H24N10O13P2-2. The van der Waals surface area contributed by atoms with E-state index in [0.717, 1.165) is 10.9 Å². The first-order valence-corrected chi connectivity index (χ1v) is 16.3. The third kappa shape index (κ3) is 5.39. The van der Waals surface area contributed by atoms with Crippen molar-refractivity contribution in [3.8, 4) is 0 Å². The van der Waals surface area contributed by atoms with E-state index in [1.165, 1.54) is 10.9 Å². The van der Waals surface area contributed by atoms with Crippen LogP contribution in [0, 0.1) is 6.92 Å². The first-order chi connectivity index (χ1) is 21.7. The van der Waals surface area contributed by atoms with E-state index in [4.69, 9.17) is 39.0 Å². The molecule has 3 saturated heterocycles. The minimum Gasteiger partial charge on any atom is -0.756 e. The van der Waals surface area contributed by atoms with Gasteiger partial charge in [-0.05, 0) is 6.92 Å². The van der Waals surface area contributed by atoms with Gasteiger partial charge in [-0.2, -0.15) is 9.97 Å². The Kier molecular flexibility index (Phi) is 7.51. The molecule has 7 N–H and O–H groups in total. The molecule has 0 aliphatic carbocycles. The Morgan fingerprint density at radius 2 is 1.37 bits per heavy atom. The van der Waals surface area contributed by atoms with Crippen molar-refractivity contribution in [2.24, 2.45) is 0 Å². The van der Waals surface area contributed by atoms with Crippen molar-refractivity contribution in [1.29, 1.82) is 0 Å². The average Bonchev–Trinajstić information content (AvgIpc) is 3.72. The molecule has 248 valence electrons. The molecule has 25 heteroatoms. The molecule has 0 aromatic carbocycles. The fourth-order valence-corrected chi connectivity index (χ4v) is 7.41. The van der Waals surface area contributed by atoms with E-state index >= 15 is 0 Å². The van der Waals surface area contributed by atoms with Crippen LogP contribution in [0.4, 0.5) is 11.9 Å². The lowest BCUT2D eigenvalue weighted by Crippen LogP contribution is -2.41. The molecule has 0 radical (unpaired) electrons. The number of aliphatic hydroxyl groups is 2. The summed E-state index contributed by atoms with van der Waals surface area (Å²) in [5.74, 6) is -0.398. The van der Waals surface area contributed by atoms with Crippen molar-refractivity contribution in [2.75, 3.05) is 24.7 Å². The Morgan fingerprint density at radius 3 is 1.91 bits per heavy atom. The van der Waals surface area contributed by atoms with Crippen LogP contribution in [-0.4, -0.2) is 99.1 Å². The number of H-pyrrole nitrogens is 1. The van der Waals surface area contributed by atoms with Gasteiger partial charge in [-0.15, -0.1) is 0 Å². The first kappa shape index (κ1) is 31.2. The highest BCUT2D eigenvalue weighted by Gasteiger charge is 2.51. The fraction of sp³-hybridized carbons (Fsp3) is 0.524. The predicted molar refractivity (Wildman–Crippen MR) is 144 cm³/mol. The molecule has 46 heavy (non-hydrogen) atoms. The number of aryl methyl sites for hydroxylation is 1. The minimum atomic E-state index is -5.33. The number of nitrogen functional groups attached to an aromatic ring is 2. The SMILES string of the molecule is Cc1nc(N)nc2c1ncn2[C@@H]1O[C@@H]2COP(=O)([O-])O[C@@H]3C(O)[C@H](n4cnc5c(=O)[nH]c(N)nc54)O[C@@H]3COP(=O)([O-])O[C@@H]2C1O. The van der Waals surface area contributed by atoms with E-state index in [1.807, 2.05) is 0 Å². The molecule has 4 aromatic heterocycles. The van der Waals surface area contributed by atoms with Gasteiger partial charge in [-0.25, -0.2) is 15.0 Å². The van der Waals surface area contributed by atoms with Gasteiger partial charge in [0.15, 0.2) is 29.3 Å². The molecule has 0 saturated carbocycles. The Bertz CT molecular complexity index is 1990. The summed E-state index contributed by atoms with van der Waals surface area (Å²) >= 11 is 0. The van der Waals surface area contributed by atoms with E-state index in [9.17, 15) is 33.9 Å². The second kappa shape index (κ2) is 11.1. The molecule has 23 nitrogen and oxygen atoms in total. The zero-order valence-electron chi connectivity index (χ0n) is 23.3. The van der Waals surface area contributed by atoms with E-state index < -0.39 is 83.5 Å². The summed E-state index contributed by atoms with van der Waals surface area (Å²) in [5, 5.41) is 22.2. The molecule has 3 aliphatic heterocycles. The number of phosphoric ester groups is 2. The van der Waals surface area contributed by atoms with Gasteiger partial charge in [0, 0.05) is 0 Å². The van der Waals surface area contributed by atoms with Gasteiger partial charge < -0.3 is 59.0 Å². The van der Waals surface area contributed by atoms with Gasteiger partial charge in [0.2, 0.25) is 11.9 Å². The van der Waals surface area contributed by atoms with E-state index in [1.54, 1.807) is 6.92 Å². The van der Waals surface area contributed by atoms with Crippen molar-refractivity contribution in [2.45, 2.75) is 56.0 Å². The Hall–Kier alpha value is -3.44. The molecule has 4 aromatic rings. The molecular weight excluding hydrogens is 662 g/mol. The maximum Gasteiger partial charge on any atom is 0.280 e. The number of fused-ring (bicyclic) bond motifs is 4. The topological polar surface area (TPSA) is 335 Å². The molecule has 7 heterocycles. The highest BCUT2D eigenvalue weighted by atomic mass is 31.2. The van der Waals surface area contributed by atoms with Gasteiger partial charge in [-0.3, -0.25) is 28.0 Å². The highest BCUT2D eigenvalue weighted by molar-refractivity contribution is 7.46. The smallest absolute Gasteiger partial charge is 0.280 e. The number of hydrogen-bond acceptors (Lipinski definition) is 20. The van der Waals surface area contributed by atoms with Crippen LogP contribution >= 0.6 is 15.6 Å². The molecule has 0 amide bonds. The zero-order valence-corrected chi connectivity index (χ0v) is 25.0. The number of ether oxygens (including phenoxy) is 2. The number of nitrogens with one attached hydrogen (secondary N) is 1. The van der Waals surface area contributed by atoms with Crippen molar-refractivity contribution < 1.29 is 56.7 Å². The number of rotatable bonds is 2. The molecule has 3 aliphatic rings. The summed E-state index contributed by atoms with van der Waals surface area (Å²) in [5.41, 5.74) is 11.2. The molecule has 3 fully saturated rings. The number of hydrogen-bond donors (Lipinski definition) is 5. The van der Waals surface area contributed by atoms with E-state index in [-0.39, 0.29) is 28.7 Å². The predicted octanol–water partition coefficient (Wildman–Crippen LogP) is -3.30. The number of anilines is 2. The third-order valence-corrected chi connectivity index (χ3v) is 9.46. The van der Waals surface area contributed by atoms with Gasteiger partial charge in [0.25, 0.3) is 21.2 Å². The fourth-order valence-electron chi connectivity index (χ4n) is 5.51. The first-order valence-electron chi connectivity index (χ1n) is 13.4. The van der Waals surface area contributed by atoms with E-state index in [0.29, 0.717) is 11.2 Å². The second-order valence-corrected chi connectivity index (χ2v) is 13.2. The van der Waals surface area contributed by atoms with Crippen LogP contribution in [-0.2, 0) is 36.7 Å². The standard InChI is InChI=1S/C21H26N10O13P2/c1-6-9-15(27-20(22)26-6)30(4-24-9)18-11(32)13-7(41-18)2-39-46(37,38)44-14-8(3-40-45(35,36)43-13)42-19(12(14)33)31-5-25-10-16(31)28-21(23)29-17(10)34/h4-5,7-8,11-14,18-19,32-33H,2-3H2,1H3,(H,35,36)(H,37,38)(H2,22,26,27)(H3,23,28,29,34)/p-2/t7-,8-,11?,12?,13+,14+,18-,19-/m1/s1. The lowest BCUT2D eigenvalue weighted by molar-refractivity contribution is -0.244. The molecule has 4 unspecified atom stereocenters. The maximum absolute atomic E-state index is 13.0. The number of aromatic amines is 1. The summed E-state index contributed by atoms with van der Waals surface area (Å²) in [6.07, 6.45) is -10.9. The molecule has 0 bridgehead atoms. The zero-order chi connectivity index (χ0) is 32.7. The van der Waals surface area contributed by atoms with Crippen molar-refractivity contribution in [3.05, 3.63) is 28.7 Å². The van der Waals surface area contributed by atoms with Crippen molar-refractivity contribution in [1.82, 2.24) is 39.0 Å². The highest BCUT2D eigenvalue weighted by Crippen LogP contribution is 2.50. The lowest BCUT2D eigenvalue weighted by atomic mass is 10.1. The van der Waals surface area contributed by atoms with Crippen LogP contribution in [0.25, 0.3) is 22.3 Å². The van der Waals surface area contributed by atoms with Gasteiger partial charge in [0.05, 0.1) is 31.6 Å². The van der Waals surface area contributed by atoms with E-state index in [2.05, 4.69) is 29.9 Å². The molecule has 10 atom stereocenters. The Labute approximate surface area is 255 Å². The maximum atomic E-state index is 13.0. The normalized spacial score (nSPS) is 37.2. The molecule has 0 spiro atoms. The number of imidazole rings is 2. The number of aliphatic hydroxyl groups excluding tert-OH is 2. The number of phosphoric acid groups is 2. The van der Waals surface area contributed by atoms with Crippen molar-refractivity contribution >= 4 is 49.9 Å². The number of aromatic nitrogens is 8. The van der Waals surface area contributed by atoms with Crippen molar-refractivity contribution in [3.63, 3.8) is 0 Å². The summed E-state index contributed by atoms with van der Waals surface area (Å²) < 4.78 is 60.1. The van der Waals surface area contributed by atoms with Crippen LogP contribution in [0.1, 0.15) is 18.1 Å².